The second-order valence-corrected chi connectivity index (χ2v) is 18.6. The lowest BCUT2D eigenvalue weighted by Gasteiger charge is -2.34. The van der Waals surface area contributed by atoms with E-state index in [1.165, 1.54) is 4.52 Å². The average Bonchev–Trinajstić information content (AvgIpc) is 3.85. The van der Waals surface area contributed by atoms with Crippen molar-refractivity contribution in [3.63, 3.8) is 0 Å². The number of benzene rings is 2. The molecule has 1 aliphatic heterocycles. The lowest BCUT2D eigenvalue weighted by molar-refractivity contribution is -0.142. The minimum Gasteiger partial charge on any atom is -0.480 e. The molecule has 24 heteroatoms. The zero-order chi connectivity index (χ0) is 47.6. The fourth-order valence-corrected chi connectivity index (χ4v) is 8.87. The number of imidazole rings is 1. The molecule has 2 aromatic carbocycles. The van der Waals surface area contributed by atoms with Gasteiger partial charge in [-0.3, -0.25) is 38.7 Å². The first kappa shape index (κ1) is 51.1. The van der Waals surface area contributed by atoms with Gasteiger partial charge in [0.1, 0.15) is 6.04 Å². The topological polar surface area (TPSA) is 311 Å². The normalized spacial score (nSPS) is 16.4. The third kappa shape index (κ3) is 17.2. The number of anilines is 1. The number of aromatic nitrogens is 3. The Morgan fingerprint density at radius 3 is 2.20 bits per heavy atom. The number of carbonyl (C=O) groups excluding carboxylic acids is 3. The highest BCUT2D eigenvalue weighted by Crippen LogP contribution is 2.25. The standard InChI is InChI=1S/C42H57N11O11S2/c43-66(63,64)42-49-53-25-34(48-41(53)65-42)30-12-14-31(15-13-30)46-37(56)26-51-20-19-50(27-38(57)58)18-17-44-24-32(52(22-21-51)28-39(59)60)23-36(55)47-33(40(61)62)10-4-5-16-45-35(54)11-6-9-29-7-2-1-3-8-29/h1-3,7-8,12-15,25,32-33,44H,4-6,9-11,16-24,26-28H2,(H,45,54)(H,46,56)(H,47,55)(H,57,58)(H,59,60)(H,61,62)(H2,43,63,64)/t32-,33?/m0/s1. The number of nitrogens with zero attached hydrogens (tertiary/aromatic N) is 6. The predicted octanol–water partition coefficient (Wildman–Crippen LogP) is 0.360. The summed E-state index contributed by atoms with van der Waals surface area (Å²) in [5.41, 5.74) is 2.79. The van der Waals surface area contributed by atoms with Crippen molar-refractivity contribution in [2.75, 3.05) is 77.3 Å². The molecule has 358 valence electrons. The summed E-state index contributed by atoms with van der Waals surface area (Å²) in [5.74, 6) is -4.51. The van der Waals surface area contributed by atoms with Crippen LogP contribution in [0.5, 0.6) is 0 Å². The van der Waals surface area contributed by atoms with Gasteiger partial charge in [0.25, 0.3) is 10.0 Å². The van der Waals surface area contributed by atoms with E-state index in [1.54, 1.807) is 45.2 Å². The van der Waals surface area contributed by atoms with Crippen molar-refractivity contribution >= 4 is 67.6 Å². The van der Waals surface area contributed by atoms with Crippen molar-refractivity contribution in [3.8, 4) is 11.3 Å². The molecule has 0 bridgehead atoms. The first-order valence-electron chi connectivity index (χ1n) is 21.5. The van der Waals surface area contributed by atoms with Gasteiger partial charge in [0.15, 0.2) is 0 Å². The quantitative estimate of drug-likeness (QED) is 0.0493. The maximum Gasteiger partial charge on any atom is 0.326 e. The molecule has 1 aliphatic rings. The molecule has 0 spiro atoms. The number of amides is 3. The SMILES string of the molecule is NS(=O)(=O)c1nn2cc(-c3ccc(NC(=O)CN4CCN(CC(=O)O)CCNC[C@H](CC(=O)NC(CCCCNC(=O)CCCc5ccccc5)C(=O)O)N(CC(=O)O)CC4)cc3)nc2s1. The molecule has 2 aromatic heterocycles. The van der Waals surface area contributed by atoms with E-state index in [1.807, 2.05) is 30.3 Å². The maximum absolute atomic E-state index is 13.4. The molecule has 9 N–H and O–H groups in total. The van der Waals surface area contributed by atoms with Crippen LogP contribution in [0.15, 0.2) is 65.1 Å². The van der Waals surface area contributed by atoms with Gasteiger partial charge in [0.05, 0.1) is 31.5 Å². The minimum absolute atomic E-state index is 0.0901. The van der Waals surface area contributed by atoms with E-state index in [-0.39, 0.29) is 68.9 Å². The predicted molar refractivity (Wildman–Crippen MR) is 243 cm³/mol. The summed E-state index contributed by atoms with van der Waals surface area (Å²) < 4.78 is 24.3. The molecule has 0 aliphatic carbocycles. The highest BCUT2D eigenvalue weighted by molar-refractivity contribution is 7.91. The number of unbranched alkanes of at least 4 members (excludes halogenated alkanes) is 1. The highest BCUT2D eigenvalue weighted by Gasteiger charge is 2.28. The second kappa shape index (κ2) is 25.1. The summed E-state index contributed by atoms with van der Waals surface area (Å²) in [7, 11) is -3.98. The number of carboxylic acid groups (broad SMARTS) is 3. The summed E-state index contributed by atoms with van der Waals surface area (Å²) in [6.07, 6.45) is 4.18. The van der Waals surface area contributed by atoms with Gasteiger partial charge in [-0.15, -0.1) is 5.10 Å². The van der Waals surface area contributed by atoms with Gasteiger partial charge in [0, 0.05) is 82.5 Å². The molecule has 66 heavy (non-hydrogen) atoms. The van der Waals surface area contributed by atoms with Crippen LogP contribution < -0.4 is 26.4 Å². The van der Waals surface area contributed by atoms with Gasteiger partial charge in [-0.1, -0.05) is 53.8 Å². The molecule has 0 saturated carbocycles. The molecule has 22 nitrogen and oxygen atoms in total. The Morgan fingerprint density at radius 2 is 1.53 bits per heavy atom. The van der Waals surface area contributed by atoms with Crippen LogP contribution >= 0.6 is 11.3 Å². The molecule has 1 saturated heterocycles. The van der Waals surface area contributed by atoms with E-state index in [2.05, 4.69) is 31.3 Å². The fourth-order valence-electron chi connectivity index (χ4n) is 7.36. The van der Waals surface area contributed by atoms with Crippen LogP contribution in [0.3, 0.4) is 0 Å². The lowest BCUT2D eigenvalue weighted by Crippen LogP contribution is -2.53. The zero-order valence-corrected chi connectivity index (χ0v) is 38.0. The fraction of sp³-hybridized carbons (Fsp3) is 0.476. The number of rotatable bonds is 22. The Bertz CT molecular complexity index is 2350. The van der Waals surface area contributed by atoms with Crippen molar-refractivity contribution in [1.82, 2.24) is 45.2 Å². The molecule has 0 radical (unpaired) electrons. The lowest BCUT2D eigenvalue weighted by atomic mass is 10.1. The maximum atomic E-state index is 13.4. The Morgan fingerprint density at radius 1 is 0.833 bits per heavy atom. The van der Waals surface area contributed by atoms with E-state index in [4.69, 9.17) is 5.14 Å². The summed E-state index contributed by atoms with van der Waals surface area (Å²) in [6, 6.07) is 14.7. The van der Waals surface area contributed by atoms with Gasteiger partial charge in [0.2, 0.25) is 27.0 Å². The van der Waals surface area contributed by atoms with Gasteiger partial charge < -0.3 is 36.6 Å². The van der Waals surface area contributed by atoms with Crippen LogP contribution in [0.1, 0.15) is 44.1 Å². The van der Waals surface area contributed by atoms with Crippen LogP contribution in [0, 0.1) is 0 Å². The van der Waals surface area contributed by atoms with Gasteiger partial charge in [-0.25, -0.2) is 27.9 Å². The van der Waals surface area contributed by atoms with Gasteiger partial charge in [-0.05, 0) is 49.8 Å². The van der Waals surface area contributed by atoms with Crippen molar-refractivity contribution in [1.29, 1.82) is 0 Å². The van der Waals surface area contributed by atoms with E-state index in [0.29, 0.717) is 67.2 Å². The number of sulfonamides is 1. The van der Waals surface area contributed by atoms with E-state index < -0.39 is 58.4 Å². The Kier molecular flexibility index (Phi) is 19.5. The Hall–Kier alpha value is -5.89. The third-order valence-corrected chi connectivity index (χ3v) is 13.0. The number of carboxylic acids is 3. The average molecular weight is 956 g/mol. The minimum atomic E-state index is -3.98. The Labute approximate surface area is 385 Å². The molecular formula is C42H57N11O11S2. The number of carbonyl (C=O) groups is 6. The number of hydrogen-bond acceptors (Lipinski definition) is 15. The zero-order valence-electron chi connectivity index (χ0n) is 36.3. The van der Waals surface area contributed by atoms with Crippen molar-refractivity contribution in [3.05, 3.63) is 66.4 Å². The number of fused-ring (bicyclic) bond motifs is 1. The summed E-state index contributed by atoms with van der Waals surface area (Å²) >= 11 is 0.824. The number of nitrogens with one attached hydrogen (secondary N) is 4. The van der Waals surface area contributed by atoms with Crippen LogP contribution in [-0.4, -0.2) is 173 Å². The van der Waals surface area contributed by atoms with Crippen LogP contribution in [0.4, 0.5) is 5.69 Å². The molecule has 1 fully saturated rings. The molecule has 1 unspecified atom stereocenters. The monoisotopic (exact) mass is 955 g/mol. The number of nitrogens with two attached hydrogens (primary N) is 1. The molecule has 3 heterocycles. The molecule has 5 rings (SSSR count). The van der Waals surface area contributed by atoms with Crippen LogP contribution in [0.25, 0.3) is 16.2 Å². The first-order chi connectivity index (χ1) is 31.5. The van der Waals surface area contributed by atoms with Crippen LogP contribution in [-0.2, 0) is 45.2 Å². The summed E-state index contributed by atoms with van der Waals surface area (Å²) in [4.78, 5) is 85.0. The third-order valence-electron chi connectivity index (χ3n) is 10.7. The number of aryl methyl sites for hydroxylation is 1. The number of aliphatic carboxylic acids is 3. The smallest absolute Gasteiger partial charge is 0.326 e. The number of hydrogen-bond donors (Lipinski definition) is 8. The molecule has 4 aromatic rings. The van der Waals surface area contributed by atoms with Crippen LogP contribution in [0.2, 0.25) is 0 Å². The van der Waals surface area contributed by atoms with Gasteiger partial charge in [-0.2, -0.15) is 0 Å². The highest BCUT2D eigenvalue weighted by atomic mass is 32.2. The van der Waals surface area contributed by atoms with Crippen molar-refractivity contribution in [2.24, 2.45) is 5.14 Å². The van der Waals surface area contributed by atoms with Crippen molar-refractivity contribution in [2.45, 2.75) is 61.4 Å². The van der Waals surface area contributed by atoms with E-state index in [0.717, 1.165) is 23.3 Å². The molecular weight excluding hydrogens is 899 g/mol. The van der Waals surface area contributed by atoms with Gasteiger partial charge >= 0.3 is 17.9 Å². The Balaban J connectivity index is 1.16. The summed E-state index contributed by atoms with van der Waals surface area (Å²) in [5, 5.41) is 50.0. The largest absolute Gasteiger partial charge is 0.480 e. The molecule has 3 amide bonds. The first-order valence-corrected chi connectivity index (χ1v) is 23.8. The summed E-state index contributed by atoms with van der Waals surface area (Å²) in [6.45, 7) is 1.04. The number of primary sulfonamides is 1. The van der Waals surface area contributed by atoms with E-state index >= 15 is 0 Å². The van der Waals surface area contributed by atoms with Crippen molar-refractivity contribution < 1.29 is 52.5 Å². The second-order valence-electron chi connectivity index (χ2n) is 15.9. The van der Waals surface area contributed by atoms with E-state index in [9.17, 15) is 52.5 Å². The molecule has 2 atom stereocenters.